The number of hydrogen-bond acceptors (Lipinski definition) is 2. The van der Waals surface area contributed by atoms with E-state index in [1.165, 1.54) is 0 Å². The molecule has 0 aliphatic heterocycles. The minimum Gasteiger partial charge on any atom is -0.330 e. The molecule has 118 valence electrons. The van der Waals surface area contributed by atoms with Gasteiger partial charge in [-0.3, -0.25) is 0 Å². The van der Waals surface area contributed by atoms with Gasteiger partial charge in [0.1, 0.15) is 5.67 Å². The van der Waals surface area contributed by atoms with Gasteiger partial charge in [-0.05, 0) is 42.2 Å². The van der Waals surface area contributed by atoms with Gasteiger partial charge < -0.3 is 4.72 Å². The van der Waals surface area contributed by atoms with Crippen molar-refractivity contribution >= 4 is 17.6 Å². The predicted molar refractivity (Wildman–Crippen MR) is 97.0 cm³/mol. The van der Waals surface area contributed by atoms with Gasteiger partial charge in [-0.1, -0.05) is 68.1 Å². The van der Waals surface area contributed by atoms with Gasteiger partial charge in [0.15, 0.2) is 0 Å². The van der Waals surface area contributed by atoms with Gasteiger partial charge in [0.05, 0.1) is 0 Å². The Hall–Kier alpha value is -1.48. The summed E-state index contributed by atoms with van der Waals surface area (Å²) < 4.78 is 17.9. The molecule has 2 aromatic carbocycles. The van der Waals surface area contributed by atoms with Crippen molar-refractivity contribution in [1.29, 1.82) is 0 Å². The molecule has 1 nitrogen and oxygen atoms in total. The quantitative estimate of drug-likeness (QED) is 0.591. The molecule has 0 aliphatic rings. The number of alkyl halides is 1. The topological polar surface area (TPSA) is 12.0 Å². The first kappa shape index (κ1) is 16.9. The minimum absolute atomic E-state index is 0.579. The molecule has 0 fully saturated rings. The van der Waals surface area contributed by atoms with Crippen LogP contribution in [0.2, 0.25) is 0 Å². The molecule has 1 N–H and O–H groups in total. The first-order chi connectivity index (χ1) is 10.6. The average molecular weight is 317 g/mol. The Morgan fingerprint density at radius 2 is 1.82 bits per heavy atom. The van der Waals surface area contributed by atoms with Crippen molar-refractivity contribution in [2.75, 3.05) is 11.0 Å². The van der Waals surface area contributed by atoms with E-state index in [0.717, 1.165) is 35.2 Å². The molecule has 22 heavy (non-hydrogen) atoms. The smallest absolute Gasteiger partial charge is 0.133 e. The largest absolute Gasteiger partial charge is 0.330 e. The summed E-state index contributed by atoms with van der Waals surface area (Å²) in [5.74, 6) is 0. The Kier molecular flexibility index (Phi) is 5.90. The van der Waals surface area contributed by atoms with E-state index in [0.29, 0.717) is 6.42 Å². The molecule has 0 saturated heterocycles. The molecule has 0 aromatic heterocycles. The lowest BCUT2D eigenvalue weighted by Gasteiger charge is -2.21. The maximum absolute atomic E-state index is 14.7. The summed E-state index contributed by atoms with van der Waals surface area (Å²) in [5.41, 5.74) is 2.85. The molecular weight excluding hydrogens is 293 g/mol. The van der Waals surface area contributed by atoms with Crippen LogP contribution in [0.15, 0.2) is 48.5 Å². The molecule has 2 aromatic rings. The van der Waals surface area contributed by atoms with Gasteiger partial charge in [-0.2, -0.15) is 0 Å². The van der Waals surface area contributed by atoms with E-state index >= 15 is 0 Å². The van der Waals surface area contributed by atoms with Crippen LogP contribution in [0, 0.1) is 0 Å². The summed E-state index contributed by atoms with van der Waals surface area (Å²) in [6, 6.07) is 16.1. The number of hydrogen-bond donors (Lipinski definition) is 1. The fourth-order valence-electron chi connectivity index (χ4n) is 2.54. The second kappa shape index (κ2) is 7.68. The Labute approximate surface area is 137 Å². The zero-order chi connectivity index (χ0) is 16.0. The molecule has 0 radical (unpaired) electrons. The van der Waals surface area contributed by atoms with Gasteiger partial charge in [-0.25, -0.2) is 4.39 Å². The van der Waals surface area contributed by atoms with Crippen LogP contribution in [0.1, 0.15) is 38.7 Å². The Morgan fingerprint density at radius 3 is 2.45 bits per heavy atom. The number of benzene rings is 2. The van der Waals surface area contributed by atoms with Crippen LogP contribution in [0.5, 0.6) is 0 Å². The summed E-state index contributed by atoms with van der Waals surface area (Å²) in [5, 5.41) is 0. The van der Waals surface area contributed by atoms with Gasteiger partial charge in [0.25, 0.3) is 0 Å². The highest BCUT2D eigenvalue weighted by molar-refractivity contribution is 7.99. The minimum atomic E-state index is -1.24. The van der Waals surface area contributed by atoms with Crippen LogP contribution >= 0.6 is 11.9 Å². The standard InChI is InChI=1S/C19H24FNS/c1-4-5-13-19(2,20)17-11-9-15(10-12-17)16-7-6-8-18(14-16)21-22-3/h6-12,14,21H,4-5,13H2,1-3H3/t19-/m0/s1. The van der Waals surface area contributed by atoms with Crippen molar-refractivity contribution in [3.05, 3.63) is 54.1 Å². The van der Waals surface area contributed by atoms with Gasteiger partial charge >= 0.3 is 0 Å². The van der Waals surface area contributed by atoms with Crippen LogP contribution in [0.3, 0.4) is 0 Å². The normalized spacial score (nSPS) is 13.6. The van der Waals surface area contributed by atoms with Crippen molar-refractivity contribution in [3.8, 4) is 11.1 Å². The number of anilines is 1. The zero-order valence-corrected chi connectivity index (χ0v) is 14.3. The van der Waals surface area contributed by atoms with Crippen molar-refractivity contribution in [2.24, 2.45) is 0 Å². The molecule has 0 saturated carbocycles. The van der Waals surface area contributed by atoms with Crippen molar-refractivity contribution in [2.45, 2.75) is 38.8 Å². The highest BCUT2D eigenvalue weighted by atomic mass is 32.2. The molecule has 0 aliphatic carbocycles. The molecule has 0 heterocycles. The van der Waals surface area contributed by atoms with Crippen molar-refractivity contribution in [1.82, 2.24) is 0 Å². The highest BCUT2D eigenvalue weighted by Crippen LogP contribution is 2.33. The van der Waals surface area contributed by atoms with Gasteiger partial charge in [0.2, 0.25) is 0 Å². The fraction of sp³-hybridized carbons (Fsp3) is 0.368. The summed E-state index contributed by atoms with van der Waals surface area (Å²) in [6.07, 6.45) is 4.51. The van der Waals surface area contributed by atoms with Crippen LogP contribution in [-0.4, -0.2) is 6.26 Å². The zero-order valence-electron chi connectivity index (χ0n) is 13.5. The van der Waals surface area contributed by atoms with E-state index in [1.54, 1.807) is 18.9 Å². The Bertz CT molecular complexity index is 593. The maximum atomic E-state index is 14.7. The van der Waals surface area contributed by atoms with Crippen LogP contribution in [0.4, 0.5) is 10.1 Å². The SMILES string of the molecule is CCCC[C@](C)(F)c1ccc(-c2cccc(NSC)c2)cc1. The molecule has 3 heteroatoms. The monoisotopic (exact) mass is 317 g/mol. The van der Waals surface area contributed by atoms with Crippen LogP contribution in [0.25, 0.3) is 11.1 Å². The lowest BCUT2D eigenvalue weighted by Crippen LogP contribution is -2.14. The van der Waals surface area contributed by atoms with Crippen LogP contribution < -0.4 is 4.72 Å². The van der Waals surface area contributed by atoms with E-state index in [-0.39, 0.29) is 0 Å². The number of nitrogens with one attached hydrogen (secondary N) is 1. The number of rotatable bonds is 7. The third-order valence-electron chi connectivity index (χ3n) is 3.90. The molecule has 0 amide bonds. The Morgan fingerprint density at radius 1 is 1.09 bits per heavy atom. The summed E-state index contributed by atoms with van der Waals surface area (Å²) in [6.45, 7) is 3.77. The summed E-state index contributed by atoms with van der Waals surface area (Å²) in [4.78, 5) is 0. The van der Waals surface area contributed by atoms with E-state index in [1.807, 2.05) is 42.7 Å². The number of halogens is 1. The first-order valence-corrected chi connectivity index (χ1v) is 8.98. The fourth-order valence-corrected chi connectivity index (χ4v) is 2.91. The van der Waals surface area contributed by atoms with E-state index < -0.39 is 5.67 Å². The molecule has 0 unspecified atom stereocenters. The second-order valence-electron chi connectivity index (χ2n) is 5.77. The summed E-state index contributed by atoms with van der Waals surface area (Å²) >= 11 is 1.57. The number of unbranched alkanes of at least 4 members (excludes halogenated alkanes) is 1. The molecular formula is C19H24FNS. The molecule has 2 rings (SSSR count). The van der Waals surface area contributed by atoms with Crippen molar-refractivity contribution < 1.29 is 4.39 Å². The lowest BCUT2D eigenvalue weighted by molar-refractivity contribution is 0.172. The molecule has 1 atom stereocenters. The second-order valence-corrected chi connectivity index (χ2v) is 6.38. The summed E-state index contributed by atoms with van der Waals surface area (Å²) in [7, 11) is 0. The van der Waals surface area contributed by atoms with Crippen molar-refractivity contribution in [3.63, 3.8) is 0 Å². The van der Waals surface area contributed by atoms with Gasteiger partial charge in [-0.15, -0.1) is 0 Å². The molecule has 0 spiro atoms. The third kappa shape index (κ3) is 4.26. The van der Waals surface area contributed by atoms with Crippen LogP contribution in [-0.2, 0) is 5.67 Å². The predicted octanol–water partition coefficient (Wildman–Crippen LogP) is 6.42. The van der Waals surface area contributed by atoms with E-state index in [9.17, 15) is 4.39 Å². The van der Waals surface area contributed by atoms with E-state index in [4.69, 9.17) is 0 Å². The molecule has 0 bridgehead atoms. The average Bonchev–Trinajstić information content (AvgIpc) is 2.54. The third-order valence-corrected chi connectivity index (χ3v) is 4.34. The van der Waals surface area contributed by atoms with Gasteiger partial charge in [0, 0.05) is 11.9 Å². The van der Waals surface area contributed by atoms with E-state index in [2.05, 4.69) is 23.8 Å². The Balaban J connectivity index is 2.19. The highest BCUT2D eigenvalue weighted by Gasteiger charge is 2.24. The lowest BCUT2D eigenvalue weighted by atomic mass is 9.91. The maximum Gasteiger partial charge on any atom is 0.133 e. The first-order valence-electron chi connectivity index (χ1n) is 7.75.